The molecule has 0 aliphatic rings. The highest BCUT2D eigenvalue weighted by Gasteiger charge is 2.10. The van der Waals surface area contributed by atoms with Crippen LogP contribution in [0.4, 0.5) is 0 Å². The normalized spacial score (nSPS) is 11.7. The third kappa shape index (κ3) is 9.62. The first-order valence-electron chi connectivity index (χ1n) is 6.20. The van der Waals surface area contributed by atoms with Crippen molar-refractivity contribution in [1.82, 2.24) is 10.6 Å². The van der Waals surface area contributed by atoms with Crippen molar-refractivity contribution < 1.29 is 19.5 Å². The molecule has 0 aliphatic carbocycles. The lowest BCUT2D eigenvalue weighted by molar-refractivity contribution is -0.138. The van der Waals surface area contributed by atoms with Crippen LogP contribution in [-0.2, 0) is 14.4 Å². The molecule has 2 amide bonds. The Bertz CT molecular complexity index is 292. The molecule has 1 atom stereocenters. The molecule has 6 heteroatoms. The average molecular weight is 258 g/mol. The van der Waals surface area contributed by atoms with Crippen molar-refractivity contribution in [1.29, 1.82) is 0 Å². The molecule has 0 radical (unpaired) electrons. The van der Waals surface area contributed by atoms with Crippen LogP contribution < -0.4 is 10.6 Å². The van der Waals surface area contributed by atoms with E-state index in [9.17, 15) is 14.4 Å². The van der Waals surface area contributed by atoms with Crippen molar-refractivity contribution >= 4 is 17.8 Å². The smallest absolute Gasteiger partial charge is 0.303 e. The quantitative estimate of drug-likeness (QED) is 0.562. The first-order valence-corrected chi connectivity index (χ1v) is 6.20. The van der Waals surface area contributed by atoms with Crippen LogP contribution in [0, 0.1) is 5.92 Å². The molecular weight excluding hydrogens is 236 g/mol. The second-order valence-electron chi connectivity index (χ2n) is 4.36. The van der Waals surface area contributed by atoms with Gasteiger partial charge in [0.25, 0.3) is 0 Å². The Morgan fingerprint density at radius 3 is 2.17 bits per heavy atom. The second kappa shape index (κ2) is 9.44. The molecule has 0 saturated heterocycles. The standard InChI is InChI=1S/C12H22N2O4/c1-3-6-13-10(15)4-5-11(16)14-8-9(2)7-12(17)18/h9H,3-8H2,1-2H3,(H,13,15)(H,14,16)(H,17,18). The van der Waals surface area contributed by atoms with Crippen LogP contribution in [0.5, 0.6) is 0 Å². The van der Waals surface area contributed by atoms with Gasteiger partial charge in [0.15, 0.2) is 0 Å². The van der Waals surface area contributed by atoms with E-state index < -0.39 is 5.97 Å². The Balaban J connectivity index is 3.65. The Morgan fingerprint density at radius 2 is 1.67 bits per heavy atom. The molecule has 104 valence electrons. The van der Waals surface area contributed by atoms with E-state index in [0.717, 1.165) is 6.42 Å². The van der Waals surface area contributed by atoms with E-state index in [1.54, 1.807) is 6.92 Å². The minimum absolute atomic E-state index is 0.0251. The van der Waals surface area contributed by atoms with E-state index in [2.05, 4.69) is 10.6 Å². The molecule has 6 nitrogen and oxygen atoms in total. The minimum Gasteiger partial charge on any atom is -0.481 e. The highest BCUT2D eigenvalue weighted by atomic mass is 16.4. The highest BCUT2D eigenvalue weighted by Crippen LogP contribution is 1.99. The molecular formula is C12H22N2O4. The fourth-order valence-electron chi connectivity index (χ4n) is 1.33. The summed E-state index contributed by atoms with van der Waals surface area (Å²) in [6, 6.07) is 0. The van der Waals surface area contributed by atoms with E-state index in [4.69, 9.17) is 5.11 Å². The molecule has 0 aromatic carbocycles. The van der Waals surface area contributed by atoms with E-state index in [0.29, 0.717) is 13.1 Å². The van der Waals surface area contributed by atoms with Gasteiger partial charge < -0.3 is 15.7 Å². The van der Waals surface area contributed by atoms with Crippen LogP contribution >= 0.6 is 0 Å². The van der Waals surface area contributed by atoms with Gasteiger partial charge in [0.1, 0.15) is 0 Å². The molecule has 0 spiro atoms. The van der Waals surface area contributed by atoms with Gasteiger partial charge in [-0.05, 0) is 12.3 Å². The lowest BCUT2D eigenvalue weighted by Crippen LogP contribution is -2.31. The third-order valence-electron chi connectivity index (χ3n) is 2.32. The number of hydrogen-bond donors (Lipinski definition) is 3. The van der Waals surface area contributed by atoms with Gasteiger partial charge in [-0.2, -0.15) is 0 Å². The summed E-state index contributed by atoms with van der Waals surface area (Å²) >= 11 is 0. The van der Waals surface area contributed by atoms with Gasteiger partial charge in [-0.3, -0.25) is 14.4 Å². The van der Waals surface area contributed by atoms with Gasteiger partial charge in [0.2, 0.25) is 11.8 Å². The number of amides is 2. The fourth-order valence-corrected chi connectivity index (χ4v) is 1.33. The fraction of sp³-hybridized carbons (Fsp3) is 0.750. The summed E-state index contributed by atoms with van der Waals surface area (Å²) in [6.45, 7) is 4.65. The van der Waals surface area contributed by atoms with E-state index in [1.165, 1.54) is 0 Å². The number of nitrogens with one attached hydrogen (secondary N) is 2. The highest BCUT2D eigenvalue weighted by molar-refractivity contribution is 5.83. The zero-order valence-electron chi connectivity index (χ0n) is 11.0. The number of carboxylic acid groups (broad SMARTS) is 1. The lowest BCUT2D eigenvalue weighted by Gasteiger charge is -2.10. The molecule has 0 rings (SSSR count). The van der Waals surface area contributed by atoms with Crippen molar-refractivity contribution in [3.63, 3.8) is 0 Å². The van der Waals surface area contributed by atoms with Gasteiger partial charge >= 0.3 is 5.97 Å². The predicted molar refractivity (Wildman–Crippen MR) is 67.0 cm³/mol. The Kier molecular flexibility index (Phi) is 8.61. The zero-order valence-corrected chi connectivity index (χ0v) is 11.0. The summed E-state index contributed by atoms with van der Waals surface area (Å²) in [4.78, 5) is 33.0. The molecule has 0 bridgehead atoms. The van der Waals surface area contributed by atoms with Crippen molar-refractivity contribution in [2.75, 3.05) is 13.1 Å². The summed E-state index contributed by atoms with van der Waals surface area (Å²) in [5.74, 6) is -1.35. The van der Waals surface area contributed by atoms with Crippen LogP contribution in [0.25, 0.3) is 0 Å². The molecule has 0 aromatic rings. The Hall–Kier alpha value is -1.59. The van der Waals surface area contributed by atoms with Crippen LogP contribution in [-0.4, -0.2) is 36.0 Å². The van der Waals surface area contributed by atoms with Crippen LogP contribution in [0.3, 0.4) is 0 Å². The van der Waals surface area contributed by atoms with Gasteiger partial charge in [0, 0.05) is 32.4 Å². The Morgan fingerprint density at radius 1 is 1.11 bits per heavy atom. The summed E-state index contributed by atoms with van der Waals surface area (Å²) in [5, 5.41) is 13.8. The molecule has 0 heterocycles. The van der Waals surface area contributed by atoms with Gasteiger partial charge in [-0.15, -0.1) is 0 Å². The van der Waals surface area contributed by atoms with Crippen molar-refractivity contribution in [2.24, 2.45) is 5.92 Å². The first kappa shape index (κ1) is 16.4. The molecule has 0 aromatic heterocycles. The number of carboxylic acids is 1. The Labute approximate surface area is 107 Å². The first-order chi connectivity index (χ1) is 8.45. The van der Waals surface area contributed by atoms with Gasteiger partial charge in [-0.1, -0.05) is 13.8 Å². The predicted octanol–water partition coefficient (Wildman–Crippen LogP) is 0.520. The number of hydrogen-bond acceptors (Lipinski definition) is 3. The third-order valence-corrected chi connectivity index (χ3v) is 2.32. The maximum Gasteiger partial charge on any atom is 0.303 e. The summed E-state index contributed by atoms with van der Waals surface area (Å²) < 4.78 is 0. The number of aliphatic carboxylic acids is 1. The average Bonchev–Trinajstić information content (AvgIpc) is 2.30. The van der Waals surface area contributed by atoms with Crippen LogP contribution in [0.15, 0.2) is 0 Å². The monoisotopic (exact) mass is 258 g/mol. The molecule has 18 heavy (non-hydrogen) atoms. The van der Waals surface area contributed by atoms with E-state index in [1.807, 2.05) is 6.92 Å². The molecule has 0 aliphatic heterocycles. The van der Waals surface area contributed by atoms with E-state index >= 15 is 0 Å². The number of carbonyl (C=O) groups excluding carboxylic acids is 2. The molecule has 3 N–H and O–H groups in total. The maximum absolute atomic E-state index is 11.4. The van der Waals surface area contributed by atoms with E-state index in [-0.39, 0.29) is 37.0 Å². The van der Waals surface area contributed by atoms with Crippen molar-refractivity contribution in [3.05, 3.63) is 0 Å². The molecule has 0 fully saturated rings. The zero-order chi connectivity index (χ0) is 14.0. The SMILES string of the molecule is CCCNC(=O)CCC(=O)NCC(C)CC(=O)O. The maximum atomic E-state index is 11.4. The van der Waals surface area contributed by atoms with Crippen molar-refractivity contribution in [2.45, 2.75) is 39.5 Å². The summed E-state index contributed by atoms with van der Waals surface area (Å²) in [7, 11) is 0. The number of rotatable bonds is 9. The summed E-state index contributed by atoms with van der Waals surface area (Å²) in [5.41, 5.74) is 0. The van der Waals surface area contributed by atoms with Gasteiger partial charge in [0.05, 0.1) is 0 Å². The van der Waals surface area contributed by atoms with Gasteiger partial charge in [-0.25, -0.2) is 0 Å². The molecule has 1 unspecified atom stereocenters. The largest absolute Gasteiger partial charge is 0.481 e. The number of carbonyl (C=O) groups is 3. The summed E-state index contributed by atoms with van der Waals surface area (Å²) in [6.07, 6.45) is 1.19. The van der Waals surface area contributed by atoms with Crippen LogP contribution in [0.2, 0.25) is 0 Å². The van der Waals surface area contributed by atoms with Crippen molar-refractivity contribution in [3.8, 4) is 0 Å². The lowest BCUT2D eigenvalue weighted by atomic mass is 10.1. The van der Waals surface area contributed by atoms with Crippen LogP contribution in [0.1, 0.15) is 39.5 Å². The topological polar surface area (TPSA) is 95.5 Å². The minimum atomic E-state index is -0.879. The second-order valence-corrected chi connectivity index (χ2v) is 4.36. The molecule has 0 saturated carbocycles.